The van der Waals surface area contributed by atoms with Gasteiger partial charge in [-0.25, -0.2) is 0 Å². The molecule has 0 saturated heterocycles. The van der Waals surface area contributed by atoms with E-state index in [1.54, 1.807) is 0 Å². The number of hydrogen-bond acceptors (Lipinski definition) is 1. The molecule has 0 amide bonds. The average Bonchev–Trinajstić information content (AvgIpc) is 2.26. The predicted molar refractivity (Wildman–Crippen MR) is 77.7 cm³/mol. The second kappa shape index (κ2) is 8.63. The van der Waals surface area contributed by atoms with Crippen molar-refractivity contribution in [2.24, 2.45) is 5.92 Å². The summed E-state index contributed by atoms with van der Waals surface area (Å²) in [5.74, 6) is 0.642. The van der Waals surface area contributed by atoms with Gasteiger partial charge in [-0.05, 0) is 31.8 Å². The first-order valence-corrected chi connectivity index (χ1v) is 6.71. The van der Waals surface area contributed by atoms with Crippen molar-refractivity contribution in [2.75, 3.05) is 6.54 Å². The highest BCUT2D eigenvalue weighted by atomic mass is 79.9. The molecule has 0 aromatic heterocycles. The van der Waals surface area contributed by atoms with E-state index >= 15 is 0 Å². The van der Waals surface area contributed by atoms with Crippen LogP contribution in [0.25, 0.3) is 0 Å². The van der Waals surface area contributed by atoms with E-state index in [1.807, 2.05) is 6.08 Å². The number of hydrogen-bond donors (Lipinski definition) is 1. The first-order chi connectivity index (χ1) is 7.51. The maximum absolute atomic E-state index is 3.84. The molecule has 0 bridgehead atoms. The van der Waals surface area contributed by atoms with E-state index < -0.39 is 0 Å². The second-order valence-electron chi connectivity index (χ2n) is 4.41. The zero-order chi connectivity index (χ0) is 12.6. The predicted octanol–water partition coefficient (Wildman–Crippen LogP) is 4.77. The molecule has 0 radical (unpaired) electrons. The van der Waals surface area contributed by atoms with E-state index in [4.69, 9.17) is 0 Å². The summed E-state index contributed by atoms with van der Waals surface area (Å²) in [6.45, 7) is 13.5. The molecule has 92 valence electrons. The highest BCUT2D eigenvalue weighted by Gasteiger charge is 2.00. The van der Waals surface area contributed by atoms with Crippen LogP contribution in [0.3, 0.4) is 0 Å². The van der Waals surface area contributed by atoms with Crippen LogP contribution < -0.4 is 5.32 Å². The molecule has 2 heteroatoms. The molecule has 0 heterocycles. The van der Waals surface area contributed by atoms with Gasteiger partial charge >= 0.3 is 0 Å². The summed E-state index contributed by atoms with van der Waals surface area (Å²) in [5.41, 5.74) is 2.53. The highest BCUT2D eigenvalue weighted by Crippen LogP contribution is 2.18. The van der Waals surface area contributed by atoms with Crippen molar-refractivity contribution >= 4 is 15.9 Å². The molecule has 0 aromatic rings. The van der Waals surface area contributed by atoms with Gasteiger partial charge in [-0.15, -0.1) is 0 Å². The lowest BCUT2D eigenvalue weighted by atomic mass is 10.2. The first kappa shape index (κ1) is 15.5. The van der Waals surface area contributed by atoms with Crippen LogP contribution in [0.2, 0.25) is 0 Å². The normalized spacial score (nSPS) is 13.8. The van der Waals surface area contributed by atoms with E-state index in [0.29, 0.717) is 5.92 Å². The monoisotopic (exact) mass is 285 g/mol. The lowest BCUT2D eigenvalue weighted by Crippen LogP contribution is -2.18. The van der Waals surface area contributed by atoms with Crippen molar-refractivity contribution in [3.63, 3.8) is 0 Å². The molecule has 0 aliphatic rings. The lowest BCUT2D eigenvalue weighted by molar-refractivity contribution is 0.600. The topological polar surface area (TPSA) is 12.0 Å². The Labute approximate surface area is 109 Å². The van der Waals surface area contributed by atoms with Crippen LogP contribution in [0.15, 0.2) is 34.5 Å². The van der Waals surface area contributed by atoms with Gasteiger partial charge in [0.2, 0.25) is 0 Å². The number of halogens is 1. The van der Waals surface area contributed by atoms with Gasteiger partial charge in [0.05, 0.1) is 0 Å². The zero-order valence-corrected chi connectivity index (χ0v) is 12.5. The van der Waals surface area contributed by atoms with E-state index in [1.165, 1.54) is 10.1 Å². The number of nitrogens with one attached hydrogen (secondary N) is 1. The van der Waals surface area contributed by atoms with Crippen LogP contribution >= 0.6 is 15.9 Å². The van der Waals surface area contributed by atoms with Gasteiger partial charge in [-0.2, -0.15) is 0 Å². The van der Waals surface area contributed by atoms with Gasteiger partial charge in [-0.3, -0.25) is 0 Å². The molecule has 0 aliphatic carbocycles. The van der Waals surface area contributed by atoms with Crippen LogP contribution in [-0.2, 0) is 0 Å². The maximum Gasteiger partial charge on any atom is 0.0440 e. The van der Waals surface area contributed by atoms with Gasteiger partial charge in [-0.1, -0.05) is 54.9 Å². The third-order valence-corrected chi connectivity index (χ3v) is 3.14. The van der Waals surface area contributed by atoms with E-state index in [2.05, 4.69) is 61.6 Å². The molecular formula is C14H24BrN. The third kappa shape index (κ3) is 6.89. The van der Waals surface area contributed by atoms with Crippen molar-refractivity contribution in [3.8, 4) is 0 Å². The lowest BCUT2D eigenvalue weighted by Gasteiger charge is -2.11. The van der Waals surface area contributed by atoms with Crippen LogP contribution in [-0.4, -0.2) is 6.54 Å². The molecular weight excluding hydrogens is 262 g/mol. The minimum absolute atomic E-state index is 0.642. The van der Waals surface area contributed by atoms with Gasteiger partial charge in [0.1, 0.15) is 0 Å². The van der Waals surface area contributed by atoms with Crippen molar-refractivity contribution in [2.45, 2.75) is 40.5 Å². The fourth-order valence-electron chi connectivity index (χ4n) is 1.11. The molecule has 1 N–H and O–H groups in total. The zero-order valence-electron chi connectivity index (χ0n) is 10.9. The first-order valence-electron chi connectivity index (χ1n) is 5.91. The van der Waals surface area contributed by atoms with Gasteiger partial charge in [0, 0.05) is 16.7 Å². The summed E-state index contributed by atoms with van der Waals surface area (Å²) in [6.07, 6.45) is 6.18. The van der Waals surface area contributed by atoms with Crippen molar-refractivity contribution in [1.29, 1.82) is 0 Å². The van der Waals surface area contributed by atoms with Crippen molar-refractivity contribution in [1.82, 2.24) is 5.32 Å². The molecule has 0 atom stereocenters. The molecule has 0 aliphatic heterocycles. The molecule has 0 rings (SSSR count). The SMILES string of the molecule is C=C/C(NCC(C)C)=C(/Br)C/C=C(/C)CC. The van der Waals surface area contributed by atoms with Gasteiger partial charge in [0.15, 0.2) is 0 Å². The van der Waals surface area contributed by atoms with Crippen molar-refractivity contribution < 1.29 is 0 Å². The summed E-state index contributed by atoms with van der Waals surface area (Å²) in [5, 5.41) is 3.40. The van der Waals surface area contributed by atoms with E-state index in [-0.39, 0.29) is 0 Å². The second-order valence-corrected chi connectivity index (χ2v) is 5.36. The molecule has 0 aromatic carbocycles. The third-order valence-electron chi connectivity index (χ3n) is 2.38. The Bertz CT molecular complexity index is 274. The summed E-state index contributed by atoms with van der Waals surface area (Å²) in [7, 11) is 0. The Hall–Kier alpha value is -0.500. The van der Waals surface area contributed by atoms with E-state index in [9.17, 15) is 0 Å². The molecule has 16 heavy (non-hydrogen) atoms. The van der Waals surface area contributed by atoms with Gasteiger partial charge < -0.3 is 5.32 Å². The van der Waals surface area contributed by atoms with E-state index in [0.717, 1.165) is 25.1 Å². The molecule has 0 fully saturated rings. The standard InChI is InChI=1S/C14H24BrN/c1-6-12(5)8-9-13(15)14(7-2)16-10-11(3)4/h7-8,11,16H,2,6,9-10H2,1,3-5H3/b12-8-,14-13-. The Morgan fingerprint density at radius 1 is 1.44 bits per heavy atom. The Morgan fingerprint density at radius 3 is 2.50 bits per heavy atom. The van der Waals surface area contributed by atoms with Crippen LogP contribution in [0.1, 0.15) is 40.5 Å². The molecule has 0 saturated carbocycles. The summed E-state index contributed by atoms with van der Waals surface area (Å²) in [4.78, 5) is 0. The average molecular weight is 286 g/mol. The smallest absolute Gasteiger partial charge is 0.0440 e. The molecule has 1 nitrogen and oxygen atoms in total. The fourth-order valence-corrected chi connectivity index (χ4v) is 1.57. The van der Waals surface area contributed by atoms with Crippen LogP contribution in [0.4, 0.5) is 0 Å². The van der Waals surface area contributed by atoms with Crippen LogP contribution in [0.5, 0.6) is 0 Å². The maximum atomic E-state index is 3.84. The fraction of sp³-hybridized carbons (Fsp3) is 0.571. The summed E-state index contributed by atoms with van der Waals surface area (Å²) in [6, 6.07) is 0. The molecule has 0 unspecified atom stereocenters. The Balaban J connectivity index is 4.43. The summed E-state index contributed by atoms with van der Waals surface area (Å²) >= 11 is 3.61. The van der Waals surface area contributed by atoms with Crippen LogP contribution in [0, 0.1) is 5.92 Å². The Morgan fingerprint density at radius 2 is 2.06 bits per heavy atom. The molecule has 0 spiro atoms. The minimum atomic E-state index is 0.642. The largest absolute Gasteiger partial charge is 0.384 e. The number of allylic oxidation sites excluding steroid dienone is 4. The van der Waals surface area contributed by atoms with Crippen molar-refractivity contribution in [3.05, 3.63) is 34.5 Å². The Kier molecular flexibility index (Phi) is 8.36. The van der Waals surface area contributed by atoms with Gasteiger partial charge in [0.25, 0.3) is 0 Å². The minimum Gasteiger partial charge on any atom is -0.384 e. The quantitative estimate of drug-likeness (QED) is 0.525. The number of rotatable bonds is 7. The summed E-state index contributed by atoms with van der Waals surface area (Å²) < 4.78 is 1.18. The highest BCUT2D eigenvalue weighted by molar-refractivity contribution is 9.11.